The predicted molar refractivity (Wildman–Crippen MR) is 99.8 cm³/mol. The molecule has 0 spiro atoms. The number of aromatic nitrogens is 1. The van der Waals surface area contributed by atoms with E-state index in [0.717, 1.165) is 4.57 Å². The van der Waals surface area contributed by atoms with Crippen LogP contribution in [0.3, 0.4) is 0 Å². The first kappa shape index (κ1) is 20.2. The van der Waals surface area contributed by atoms with Crippen LogP contribution >= 0.6 is 11.6 Å². The van der Waals surface area contributed by atoms with E-state index < -0.39 is 29.2 Å². The highest BCUT2D eigenvalue weighted by molar-refractivity contribution is 6.17. The van der Waals surface area contributed by atoms with Gasteiger partial charge in [-0.05, 0) is 37.4 Å². The molecule has 0 aliphatic heterocycles. The van der Waals surface area contributed by atoms with E-state index in [4.69, 9.17) is 16.3 Å². The van der Waals surface area contributed by atoms with Crippen LogP contribution in [0.4, 0.5) is 17.6 Å². The normalized spacial score (nSPS) is 12.0. The first-order valence-electron chi connectivity index (χ1n) is 8.41. The van der Waals surface area contributed by atoms with E-state index in [1.807, 2.05) is 0 Å². The van der Waals surface area contributed by atoms with Gasteiger partial charge < -0.3 is 4.74 Å². The zero-order chi connectivity index (χ0) is 20.6. The van der Waals surface area contributed by atoms with Gasteiger partial charge in [0.05, 0.1) is 23.2 Å². The van der Waals surface area contributed by atoms with Gasteiger partial charge in [0.2, 0.25) is 0 Å². The molecule has 0 fully saturated rings. The number of ether oxygens (including phenoxy) is 1. The van der Waals surface area contributed by atoms with Crippen LogP contribution in [0.1, 0.15) is 25.1 Å². The Bertz CT molecular complexity index is 1090. The minimum Gasteiger partial charge on any atom is -0.489 e. The summed E-state index contributed by atoms with van der Waals surface area (Å²) in [5.74, 6) is -1.79. The average Bonchev–Trinajstić information content (AvgIpc) is 2.61. The number of rotatable bonds is 4. The van der Waals surface area contributed by atoms with Crippen molar-refractivity contribution in [3.63, 3.8) is 0 Å². The second-order valence-electron chi connectivity index (χ2n) is 6.46. The summed E-state index contributed by atoms with van der Waals surface area (Å²) in [5, 5.41) is 0.897. The molecule has 1 aromatic heterocycles. The molecule has 3 aromatic rings. The third-order valence-corrected chi connectivity index (χ3v) is 4.37. The van der Waals surface area contributed by atoms with Crippen molar-refractivity contribution in [1.82, 2.24) is 4.57 Å². The lowest BCUT2D eigenvalue weighted by Gasteiger charge is -2.20. The molecule has 3 nitrogen and oxygen atoms in total. The Labute approximate surface area is 163 Å². The lowest BCUT2D eigenvalue weighted by molar-refractivity contribution is -0.140. The van der Waals surface area contributed by atoms with E-state index in [0.29, 0.717) is 22.9 Å². The molecule has 0 N–H and O–H groups in total. The Morgan fingerprint density at radius 2 is 1.82 bits per heavy atom. The second kappa shape index (κ2) is 7.47. The van der Waals surface area contributed by atoms with Gasteiger partial charge in [-0.3, -0.25) is 9.36 Å². The van der Waals surface area contributed by atoms with Gasteiger partial charge in [-0.25, -0.2) is 4.39 Å². The molecular formula is C20H16ClF4NO2. The summed E-state index contributed by atoms with van der Waals surface area (Å²) >= 11 is 5.98. The van der Waals surface area contributed by atoms with E-state index in [1.165, 1.54) is 0 Å². The third-order valence-electron chi connectivity index (χ3n) is 4.10. The smallest absolute Gasteiger partial charge is 0.419 e. The fourth-order valence-electron chi connectivity index (χ4n) is 2.96. The minimum absolute atomic E-state index is 0.139. The largest absolute Gasteiger partial charge is 0.489 e. The molecule has 148 valence electrons. The first-order valence-corrected chi connectivity index (χ1v) is 8.94. The van der Waals surface area contributed by atoms with Crippen LogP contribution in [-0.4, -0.2) is 10.7 Å². The van der Waals surface area contributed by atoms with Crippen molar-refractivity contribution in [3.05, 3.63) is 69.9 Å². The maximum atomic E-state index is 14.1. The molecule has 3 rings (SSSR count). The number of hydrogen-bond donors (Lipinski definition) is 0. The fraction of sp³-hybridized carbons (Fsp3) is 0.250. The molecular weight excluding hydrogens is 398 g/mol. The van der Waals surface area contributed by atoms with Crippen LogP contribution in [0, 0.1) is 5.82 Å². The lowest BCUT2D eigenvalue weighted by atomic mass is 10.1. The van der Waals surface area contributed by atoms with Gasteiger partial charge in [0.25, 0.3) is 5.56 Å². The van der Waals surface area contributed by atoms with Gasteiger partial charge in [0.1, 0.15) is 11.6 Å². The van der Waals surface area contributed by atoms with Crippen LogP contribution in [-0.2, 0) is 12.1 Å². The van der Waals surface area contributed by atoms with Crippen molar-refractivity contribution >= 4 is 22.4 Å². The predicted octanol–water partition coefficient (Wildman–Crippen LogP) is 5.67. The van der Waals surface area contributed by atoms with Gasteiger partial charge in [0, 0.05) is 17.1 Å². The maximum absolute atomic E-state index is 14.1. The summed E-state index contributed by atoms with van der Waals surface area (Å²) < 4.78 is 60.5. The fourth-order valence-corrected chi connectivity index (χ4v) is 3.16. The number of hydrogen-bond acceptors (Lipinski definition) is 2. The van der Waals surface area contributed by atoms with Gasteiger partial charge in [-0.15, -0.1) is 11.6 Å². The molecule has 0 atom stereocenters. The lowest BCUT2D eigenvalue weighted by Crippen LogP contribution is -2.24. The number of fused-ring (bicyclic) bond motifs is 1. The van der Waals surface area contributed by atoms with Gasteiger partial charge in [-0.1, -0.05) is 18.2 Å². The Hall–Kier alpha value is -2.54. The highest BCUT2D eigenvalue weighted by Gasteiger charge is 2.36. The number of alkyl halides is 4. The zero-order valence-electron chi connectivity index (χ0n) is 15.0. The Morgan fingerprint density at radius 3 is 2.43 bits per heavy atom. The summed E-state index contributed by atoms with van der Waals surface area (Å²) in [4.78, 5) is 13.1. The Kier molecular flexibility index (Phi) is 5.39. The summed E-state index contributed by atoms with van der Waals surface area (Å²) in [6.45, 7) is 3.29. The SMILES string of the molecule is CC(C)Oc1cc(F)c(C(F)(F)F)cc1-n1c(CCl)cc2ccccc2c1=O. The minimum atomic E-state index is -4.93. The summed E-state index contributed by atoms with van der Waals surface area (Å²) in [7, 11) is 0. The van der Waals surface area contributed by atoms with E-state index in [-0.39, 0.29) is 23.0 Å². The van der Waals surface area contributed by atoms with E-state index in [2.05, 4.69) is 0 Å². The molecule has 0 amide bonds. The highest BCUT2D eigenvalue weighted by Crippen LogP contribution is 2.37. The second-order valence-corrected chi connectivity index (χ2v) is 6.73. The summed E-state index contributed by atoms with van der Waals surface area (Å²) in [6.07, 6.45) is -5.39. The monoisotopic (exact) mass is 413 g/mol. The quantitative estimate of drug-likeness (QED) is 0.407. The van der Waals surface area contributed by atoms with Gasteiger partial charge in [0.15, 0.2) is 0 Å². The van der Waals surface area contributed by atoms with Crippen LogP contribution in [0.2, 0.25) is 0 Å². The van der Waals surface area contributed by atoms with Crippen LogP contribution < -0.4 is 10.3 Å². The van der Waals surface area contributed by atoms with Crippen molar-refractivity contribution in [2.24, 2.45) is 0 Å². The van der Waals surface area contributed by atoms with Crippen LogP contribution in [0.15, 0.2) is 47.3 Å². The van der Waals surface area contributed by atoms with Gasteiger partial charge >= 0.3 is 6.18 Å². The molecule has 0 unspecified atom stereocenters. The molecule has 2 aromatic carbocycles. The van der Waals surface area contributed by atoms with E-state index in [1.54, 1.807) is 44.2 Å². The van der Waals surface area contributed by atoms with Crippen LogP contribution in [0.25, 0.3) is 16.5 Å². The molecule has 8 heteroatoms. The summed E-state index contributed by atoms with van der Waals surface area (Å²) in [5.41, 5.74) is -2.01. The van der Waals surface area contributed by atoms with Crippen molar-refractivity contribution < 1.29 is 22.3 Å². The summed E-state index contributed by atoms with van der Waals surface area (Å²) in [6, 6.07) is 9.48. The molecule has 0 saturated carbocycles. The number of pyridine rings is 1. The number of nitrogens with zero attached hydrogens (tertiary/aromatic N) is 1. The molecule has 0 aliphatic rings. The zero-order valence-corrected chi connectivity index (χ0v) is 15.7. The topological polar surface area (TPSA) is 31.2 Å². The van der Waals surface area contributed by atoms with Crippen molar-refractivity contribution in [1.29, 1.82) is 0 Å². The number of halogens is 5. The van der Waals surface area contributed by atoms with Crippen LogP contribution in [0.5, 0.6) is 5.75 Å². The van der Waals surface area contributed by atoms with Gasteiger partial charge in [-0.2, -0.15) is 13.2 Å². The van der Waals surface area contributed by atoms with E-state index in [9.17, 15) is 22.4 Å². The Balaban J connectivity index is 2.42. The molecule has 0 saturated heterocycles. The molecule has 0 radical (unpaired) electrons. The van der Waals surface area contributed by atoms with E-state index >= 15 is 0 Å². The standard InChI is InChI=1S/C20H16ClF4NO2/c1-11(2)28-18-9-16(22)15(20(23,24)25)8-17(18)26-13(10-21)7-12-5-3-4-6-14(12)19(26)27/h3-9,11H,10H2,1-2H3. The Morgan fingerprint density at radius 1 is 1.14 bits per heavy atom. The third kappa shape index (κ3) is 3.71. The van der Waals surface area contributed by atoms with Crippen molar-refractivity contribution in [2.75, 3.05) is 0 Å². The molecule has 0 aliphatic carbocycles. The molecule has 28 heavy (non-hydrogen) atoms. The van der Waals surface area contributed by atoms with Crippen molar-refractivity contribution in [2.45, 2.75) is 32.0 Å². The van der Waals surface area contributed by atoms with Crippen molar-refractivity contribution in [3.8, 4) is 11.4 Å². The molecule has 1 heterocycles. The maximum Gasteiger partial charge on any atom is 0.419 e. The highest BCUT2D eigenvalue weighted by atomic mass is 35.5. The number of benzene rings is 2. The first-order chi connectivity index (χ1) is 13.1. The average molecular weight is 414 g/mol. The molecule has 0 bridgehead atoms.